The molecular formula is C18H15ClN2O2S. The van der Waals surface area contributed by atoms with Crippen LogP contribution in [-0.2, 0) is 6.54 Å². The van der Waals surface area contributed by atoms with Gasteiger partial charge in [-0.15, -0.1) is 11.8 Å². The van der Waals surface area contributed by atoms with Crippen LogP contribution in [0.15, 0.2) is 72.1 Å². The van der Waals surface area contributed by atoms with Gasteiger partial charge >= 0.3 is 5.97 Å². The number of carbonyl (C=O) groups is 1. The van der Waals surface area contributed by atoms with Crippen LogP contribution in [0.5, 0.6) is 0 Å². The zero-order valence-corrected chi connectivity index (χ0v) is 14.2. The fourth-order valence-electron chi connectivity index (χ4n) is 2.36. The Labute approximate surface area is 149 Å². The number of aromatic nitrogens is 2. The SMILES string of the molecule is O=C(O)c1ccc(SC(Cn2ccnc2)c2ccccc2Cl)cc1. The molecule has 0 saturated heterocycles. The first-order valence-electron chi connectivity index (χ1n) is 7.33. The van der Waals surface area contributed by atoms with Gasteiger partial charge in [0.2, 0.25) is 0 Å². The van der Waals surface area contributed by atoms with E-state index in [2.05, 4.69) is 4.98 Å². The van der Waals surface area contributed by atoms with Crippen molar-refractivity contribution in [2.75, 3.05) is 0 Å². The number of imidazole rings is 1. The lowest BCUT2D eigenvalue weighted by Gasteiger charge is -2.19. The highest BCUT2D eigenvalue weighted by molar-refractivity contribution is 7.99. The monoisotopic (exact) mass is 358 g/mol. The lowest BCUT2D eigenvalue weighted by molar-refractivity contribution is 0.0697. The number of rotatable bonds is 6. The topological polar surface area (TPSA) is 55.1 Å². The number of hydrogen-bond donors (Lipinski definition) is 1. The van der Waals surface area contributed by atoms with Gasteiger partial charge in [0, 0.05) is 28.9 Å². The van der Waals surface area contributed by atoms with Crippen LogP contribution in [0, 0.1) is 0 Å². The summed E-state index contributed by atoms with van der Waals surface area (Å²) in [6, 6.07) is 14.7. The van der Waals surface area contributed by atoms with Gasteiger partial charge in [0.15, 0.2) is 0 Å². The molecule has 0 spiro atoms. The van der Waals surface area contributed by atoms with Crippen molar-refractivity contribution in [2.24, 2.45) is 0 Å². The van der Waals surface area contributed by atoms with Crippen molar-refractivity contribution in [3.63, 3.8) is 0 Å². The summed E-state index contributed by atoms with van der Waals surface area (Å²) in [5.74, 6) is -0.924. The molecule has 1 unspecified atom stereocenters. The Morgan fingerprint density at radius 1 is 1.21 bits per heavy atom. The van der Waals surface area contributed by atoms with Gasteiger partial charge in [-0.25, -0.2) is 9.78 Å². The highest BCUT2D eigenvalue weighted by atomic mass is 35.5. The maximum absolute atomic E-state index is 11.0. The van der Waals surface area contributed by atoms with Crippen LogP contribution >= 0.6 is 23.4 Å². The largest absolute Gasteiger partial charge is 0.478 e. The van der Waals surface area contributed by atoms with Gasteiger partial charge in [0.1, 0.15) is 0 Å². The molecule has 1 N–H and O–H groups in total. The molecule has 0 aliphatic rings. The molecule has 3 aromatic rings. The van der Waals surface area contributed by atoms with Crippen molar-refractivity contribution in [1.82, 2.24) is 9.55 Å². The second kappa shape index (κ2) is 7.55. The molecule has 1 aromatic heterocycles. The normalized spacial score (nSPS) is 12.0. The number of carboxylic acid groups (broad SMARTS) is 1. The third-order valence-electron chi connectivity index (χ3n) is 3.57. The molecule has 0 amide bonds. The second-order valence-electron chi connectivity index (χ2n) is 5.22. The van der Waals surface area contributed by atoms with Gasteiger partial charge in [-0.2, -0.15) is 0 Å². The predicted molar refractivity (Wildman–Crippen MR) is 95.7 cm³/mol. The number of nitrogens with zero attached hydrogens (tertiary/aromatic N) is 2. The molecule has 122 valence electrons. The van der Waals surface area contributed by atoms with Crippen molar-refractivity contribution in [1.29, 1.82) is 0 Å². The van der Waals surface area contributed by atoms with Gasteiger partial charge in [-0.3, -0.25) is 0 Å². The first kappa shape index (κ1) is 16.6. The molecule has 1 heterocycles. The van der Waals surface area contributed by atoms with Gasteiger partial charge < -0.3 is 9.67 Å². The Morgan fingerprint density at radius 3 is 2.58 bits per heavy atom. The highest BCUT2D eigenvalue weighted by Crippen LogP contribution is 2.39. The fourth-order valence-corrected chi connectivity index (χ4v) is 3.89. The summed E-state index contributed by atoms with van der Waals surface area (Å²) in [5, 5.41) is 9.81. The van der Waals surface area contributed by atoms with E-state index < -0.39 is 5.97 Å². The minimum atomic E-state index is -0.924. The van der Waals surface area contributed by atoms with Gasteiger partial charge in [0.05, 0.1) is 17.1 Å². The van der Waals surface area contributed by atoms with E-state index in [0.717, 1.165) is 22.0 Å². The minimum absolute atomic E-state index is 0.0866. The number of carboxylic acids is 1. The summed E-state index contributed by atoms with van der Waals surface area (Å²) < 4.78 is 2.01. The van der Waals surface area contributed by atoms with Gasteiger partial charge in [-0.1, -0.05) is 29.8 Å². The summed E-state index contributed by atoms with van der Waals surface area (Å²) in [6.07, 6.45) is 5.44. The average molecular weight is 359 g/mol. The minimum Gasteiger partial charge on any atom is -0.478 e. The Balaban J connectivity index is 1.87. The molecule has 0 fully saturated rings. The number of hydrogen-bond acceptors (Lipinski definition) is 3. The molecule has 0 aliphatic heterocycles. The summed E-state index contributed by atoms with van der Waals surface area (Å²) >= 11 is 8.02. The van der Waals surface area contributed by atoms with E-state index in [-0.39, 0.29) is 10.8 Å². The molecule has 0 radical (unpaired) electrons. The molecule has 6 heteroatoms. The van der Waals surface area contributed by atoms with Crippen molar-refractivity contribution < 1.29 is 9.90 Å². The van der Waals surface area contributed by atoms with Crippen molar-refractivity contribution in [3.05, 3.63) is 83.4 Å². The fraction of sp³-hybridized carbons (Fsp3) is 0.111. The number of benzene rings is 2. The third kappa shape index (κ3) is 3.99. The first-order valence-corrected chi connectivity index (χ1v) is 8.59. The van der Waals surface area contributed by atoms with Crippen LogP contribution in [0.1, 0.15) is 21.2 Å². The van der Waals surface area contributed by atoms with E-state index in [4.69, 9.17) is 16.7 Å². The molecule has 2 aromatic carbocycles. The third-order valence-corrected chi connectivity index (χ3v) is 5.14. The van der Waals surface area contributed by atoms with Crippen LogP contribution in [0.4, 0.5) is 0 Å². The zero-order valence-electron chi connectivity index (χ0n) is 12.7. The number of thioether (sulfide) groups is 1. The maximum Gasteiger partial charge on any atom is 0.335 e. The molecule has 0 saturated carbocycles. The smallest absolute Gasteiger partial charge is 0.335 e. The van der Waals surface area contributed by atoms with E-state index in [9.17, 15) is 4.79 Å². The van der Waals surface area contributed by atoms with Crippen LogP contribution < -0.4 is 0 Å². The van der Waals surface area contributed by atoms with Crippen LogP contribution in [0.3, 0.4) is 0 Å². The maximum atomic E-state index is 11.0. The molecule has 24 heavy (non-hydrogen) atoms. The second-order valence-corrected chi connectivity index (χ2v) is 6.90. The van der Waals surface area contributed by atoms with Crippen LogP contribution in [0.25, 0.3) is 0 Å². The molecule has 3 rings (SSSR count). The average Bonchev–Trinajstić information content (AvgIpc) is 3.08. The number of halogens is 1. The van der Waals surface area contributed by atoms with E-state index in [1.54, 1.807) is 36.4 Å². The Bertz CT molecular complexity index is 819. The van der Waals surface area contributed by atoms with E-state index in [1.165, 1.54) is 0 Å². The van der Waals surface area contributed by atoms with Crippen LogP contribution in [-0.4, -0.2) is 20.6 Å². The standard InChI is InChI=1S/C18H15ClN2O2S/c19-16-4-2-1-3-15(16)17(11-21-10-9-20-12-21)24-14-7-5-13(6-8-14)18(22)23/h1-10,12,17H,11H2,(H,22,23). The molecule has 0 aliphatic carbocycles. The number of aromatic carboxylic acids is 1. The summed E-state index contributed by atoms with van der Waals surface area (Å²) in [6.45, 7) is 0.717. The molecule has 4 nitrogen and oxygen atoms in total. The summed E-state index contributed by atoms with van der Waals surface area (Å²) in [4.78, 5) is 16.1. The first-order chi connectivity index (χ1) is 11.6. The summed E-state index contributed by atoms with van der Waals surface area (Å²) in [5.41, 5.74) is 1.32. The van der Waals surface area contributed by atoms with E-state index in [1.807, 2.05) is 47.2 Å². The van der Waals surface area contributed by atoms with E-state index in [0.29, 0.717) is 0 Å². The van der Waals surface area contributed by atoms with Gasteiger partial charge in [-0.05, 0) is 35.9 Å². The molecule has 0 bridgehead atoms. The van der Waals surface area contributed by atoms with Gasteiger partial charge in [0.25, 0.3) is 0 Å². The van der Waals surface area contributed by atoms with Crippen LogP contribution in [0.2, 0.25) is 5.02 Å². The Morgan fingerprint density at radius 2 is 1.96 bits per heavy atom. The summed E-state index contributed by atoms with van der Waals surface area (Å²) in [7, 11) is 0. The zero-order chi connectivity index (χ0) is 16.9. The lowest BCUT2D eigenvalue weighted by Crippen LogP contribution is -2.05. The molecule has 1 atom stereocenters. The van der Waals surface area contributed by atoms with Crippen molar-refractivity contribution in [3.8, 4) is 0 Å². The quantitative estimate of drug-likeness (QED) is 0.645. The lowest BCUT2D eigenvalue weighted by atomic mass is 10.1. The molecular weight excluding hydrogens is 344 g/mol. The van der Waals surface area contributed by atoms with Crippen molar-refractivity contribution >= 4 is 29.3 Å². The predicted octanol–water partition coefficient (Wildman–Crippen LogP) is 4.77. The Hall–Kier alpha value is -2.24. The highest BCUT2D eigenvalue weighted by Gasteiger charge is 2.17. The van der Waals surface area contributed by atoms with Crippen molar-refractivity contribution in [2.45, 2.75) is 16.7 Å². The van der Waals surface area contributed by atoms with E-state index >= 15 is 0 Å². The Kier molecular flexibility index (Phi) is 5.23.